The molecule has 2 rings (SSSR count). The van der Waals surface area contributed by atoms with Crippen LogP contribution in [0, 0.1) is 23.3 Å². The Balaban J connectivity index is 0.000000240. The molecule has 8 heteroatoms. The highest BCUT2D eigenvalue weighted by Crippen LogP contribution is 2.18. The van der Waals surface area contributed by atoms with Crippen LogP contribution in [0.3, 0.4) is 0 Å². The fraction of sp³-hybridized carbons (Fsp3) is 0.250. The van der Waals surface area contributed by atoms with Crippen LogP contribution in [0.4, 0.5) is 28.9 Å². The third-order valence-electron chi connectivity index (χ3n) is 3.08. The molecule has 0 aliphatic rings. The van der Waals surface area contributed by atoms with Crippen LogP contribution in [0.2, 0.25) is 0 Å². The molecule has 0 aromatic heterocycles. The minimum Gasteiger partial charge on any atom is -0.396 e. The normalized spacial score (nSPS) is 10.2. The number of benzene rings is 2. The average molecular weight is 346 g/mol. The summed E-state index contributed by atoms with van der Waals surface area (Å²) in [6.45, 7) is -0.272. The lowest BCUT2D eigenvalue weighted by atomic mass is 10.1. The third-order valence-corrected chi connectivity index (χ3v) is 3.08. The number of halogens is 4. The largest absolute Gasteiger partial charge is 0.396 e. The van der Waals surface area contributed by atoms with Crippen molar-refractivity contribution < 1.29 is 27.8 Å². The number of rotatable bonds is 4. The first-order chi connectivity index (χ1) is 11.3. The number of nitrogen functional groups attached to an aromatic ring is 2. The molecule has 0 fully saturated rings. The fourth-order valence-electron chi connectivity index (χ4n) is 1.82. The van der Waals surface area contributed by atoms with E-state index in [0.29, 0.717) is 11.1 Å². The molecule has 0 spiro atoms. The average Bonchev–Trinajstić information content (AvgIpc) is 2.51. The molecule has 6 N–H and O–H groups in total. The van der Waals surface area contributed by atoms with Gasteiger partial charge in [-0.25, -0.2) is 17.6 Å². The van der Waals surface area contributed by atoms with E-state index in [4.69, 9.17) is 21.7 Å². The van der Waals surface area contributed by atoms with Gasteiger partial charge in [-0.2, -0.15) is 0 Å². The van der Waals surface area contributed by atoms with Crippen molar-refractivity contribution in [1.29, 1.82) is 0 Å². The van der Waals surface area contributed by atoms with E-state index in [1.54, 1.807) is 0 Å². The Labute approximate surface area is 136 Å². The molecule has 0 amide bonds. The second kappa shape index (κ2) is 9.09. The predicted molar refractivity (Wildman–Crippen MR) is 83.1 cm³/mol. The molecule has 0 saturated heterocycles. The molecule has 2 aromatic carbocycles. The predicted octanol–water partition coefficient (Wildman–Crippen LogP) is 2.16. The molecule has 0 aliphatic heterocycles. The number of anilines is 2. The smallest absolute Gasteiger partial charge is 0.149 e. The SMILES string of the molecule is Nc1c(F)cc(CCO)cc1F.Nc1c(F)cc(CCO)cc1F. The summed E-state index contributed by atoms with van der Waals surface area (Å²) >= 11 is 0. The van der Waals surface area contributed by atoms with E-state index in [1.807, 2.05) is 0 Å². The van der Waals surface area contributed by atoms with Gasteiger partial charge in [0.1, 0.15) is 34.6 Å². The standard InChI is InChI=1S/2C8H9F2NO/c2*9-6-3-5(1-2-12)4-7(10)8(6)11/h2*3-4,12H,1-2,11H2. The zero-order valence-electron chi connectivity index (χ0n) is 12.7. The van der Waals surface area contributed by atoms with Crippen LogP contribution in [-0.2, 0) is 12.8 Å². The van der Waals surface area contributed by atoms with Crippen molar-refractivity contribution in [3.63, 3.8) is 0 Å². The number of aliphatic hydroxyl groups excluding tert-OH is 2. The quantitative estimate of drug-likeness (QED) is 0.504. The lowest BCUT2D eigenvalue weighted by molar-refractivity contribution is 0.299. The summed E-state index contributed by atoms with van der Waals surface area (Å²) in [6, 6.07) is 4.48. The van der Waals surface area contributed by atoms with Gasteiger partial charge >= 0.3 is 0 Å². The Morgan fingerprint density at radius 3 is 1.08 bits per heavy atom. The monoisotopic (exact) mass is 346 g/mol. The molecule has 0 radical (unpaired) electrons. The summed E-state index contributed by atoms with van der Waals surface area (Å²) in [5.41, 5.74) is 9.93. The number of aliphatic hydroxyl groups is 2. The van der Waals surface area contributed by atoms with Crippen molar-refractivity contribution in [2.24, 2.45) is 0 Å². The highest BCUT2D eigenvalue weighted by atomic mass is 19.1. The molecule has 4 nitrogen and oxygen atoms in total. The lowest BCUT2D eigenvalue weighted by Gasteiger charge is -2.02. The number of hydrogen-bond donors (Lipinski definition) is 4. The van der Waals surface area contributed by atoms with Gasteiger partial charge in [-0.3, -0.25) is 0 Å². The fourth-order valence-corrected chi connectivity index (χ4v) is 1.82. The van der Waals surface area contributed by atoms with Gasteiger partial charge in [0.25, 0.3) is 0 Å². The number of hydrogen-bond acceptors (Lipinski definition) is 4. The molecule has 132 valence electrons. The van der Waals surface area contributed by atoms with E-state index in [1.165, 1.54) is 0 Å². The Bertz CT molecular complexity index is 590. The Morgan fingerprint density at radius 1 is 0.625 bits per heavy atom. The van der Waals surface area contributed by atoms with Gasteiger partial charge in [0.2, 0.25) is 0 Å². The van der Waals surface area contributed by atoms with Gasteiger partial charge in [-0.05, 0) is 48.2 Å². The summed E-state index contributed by atoms with van der Waals surface area (Å²) < 4.78 is 50.9. The minimum absolute atomic E-state index is 0.136. The molecular formula is C16H18F4N2O2. The van der Waals surface area contributed by atoms with Gasteiger partial charge < -0.3 is 21.7 Å². The van der Waals surface area contributed by atoms with Crippen LogP contribution in [0.15, 0.2) is 24.3 Å². The van der Waals surface area contributed by atoms with Crippen molar-refractivity contribution in [1.82, 2.24) is 0 Å². The summed E-state index contributed by atoms with van der Waals surface area (Å²) in [5, 5.41) is 17.0. The molecule has 0 aliphatic carbocycles. The first-order valence-corrected chi connectivity index (χ1v) is 6.98. The lowest BCUT2D eigenvalue weighted by Crippen LogP contribution is -1.99. The van der Waals surface area contributed by atoms with E-state index in [9.17, 15) is 17.6 Å². The van der Waals surface area contributed by atoms with E-state index < -0.39 is 34.6 Å². The topological polar surface area (TPSA) is 92.5 Å². The van der Waals surface area contributed by atoms with Crippen molar-refractivity contribution in [3.05, 3.63) is 58.7 Å². The van der Waals surface area contributed by atoms with E-state index in [2.05, 4.69) is 0 Å². The highest BCUT2D eigenvalue weighted by Gasteiger charge is 2.07. The molecule has 2 aromatic rings. The molecule has 24 heavy (non-hydrogen) atoms. The van der Waals surface area contributed by atoms with E-state index >= 15 is 0 Å². The van der Waals surface area contributed by atoms with Crippen molar-refractivity contribution >= 4 is 11.4 Å². The van der Waals surface area contributed by atoms with E-state index in [-0.39, 0.29) is 26.1 Å². The van der Waals surface area contributed by atoms with Crippen molar-refractivity contribution in [3.8, 4) is 0 Å². The molecule has 0 atom stereocenters. The summed E-state index contributed by atoms with van der Waals surface area (Å²) in [6.07, 6.45) is 0.461. The number of nitrogens with two attached hydrogens (primary N) is 2. The molecule has 0 saturated carbocycles. The Hall–Kier alpha value is -2.32. The summed E-state index contributed by atoms with van der Waals surface area (Å²) in [5.74, 6) is -3.12. The second-order valence-electron chi connectivity index (χ2n) is 4.89. The Kier molecular flexibility index (Phi) is 7.47. The third kappa shape index (κ3) is 5.39. The summed E-state index contributed by atoms with van der Waals surface area (Å²) in [7, 11) is 0. The molecule has 0 unspecified atom stereocenters. The highest BCUT2D eigenvalue weighted by molar-refractivity contribution is 5.43. The molecule has 0 bridgehead atoms. The van der Waals surface area contributed by atoms with Gasteiger partial charge in [-0.1, -0.05) is 0 Å². The second-order valence-corrected chi connectivity index (χ2v) is 4.89. The maximum atomic E-state index is 12.7. The summed E-state index contributed by atoms with van der Waals surface area (Å²) in [4.78, 5) is 0. The maximum absolute atomic E-state index is 12.7. The first kappa shape index (κ1) is 19.7. The van der Waals surface area contributed by atoms with Crippen LogP contribution in [0.1, 0.15) is 11.1 Å². The zero-order valence-corrected chi connectivity index (χ0v) is 12.7. The van der Waals surface area contributed by atoms with Crippen LogP contribution in [-0.4, -0.2) is 23.4 Å². The van der Waals surface area contributed by atoms with Crippen LogP contribution in [0.5, 0.6) is 0 Å². The van der Waals surface area contributed by atoms with Gasteiger partial charge in [0.15, 0.2) is 0 Å². The minimum atomic E-state index is -0.779. The van der Waals surface area contributed by atoms with Crippen LogP contribution >= 0.6 is 0 Å². The zero-order chi connectivity index (χ0) is 18.3. The first-order valence-electron chi connectivity index (χ1n) is 6.98. The van der Waals surface area contributed by atoms with Crippen LogP contribution in [0.25, 0.3) is 0 Å². The van der Waals surface area contributed by atoms with E-state index in [0.717, 1.165) is 24.3 Å². The van der Waals surface area contributed by atoms with Crippen LogP contribution < -0.4 is 11.5 Å². The van der Waals surface area contributed by atoms with Crippen molar-refractivity contribution in [2.75, 3.05) is 24.7 Å². The van der Waals surface area contributed by atoms with Crippen molar-refractivity contribution in [2.45, 2.75) is 12.8 Å². The maximum Gasteiger partial charge on any atom is 0.149 e. The van der Waals surface area contributed by atoms with Gasteiger partial charge in [-0.15, -0.1) is 0 Å². The Morgan fingerprint density at radius 2 is 0.875 bits per heavy atom. The van der Waals surface area contributed by atoms with Gasteiger partial charge in [0.05, 0.1) is 0 Å². The molecular weight excluding hydrogens is 328 g/mol. The van der Waals surface area contributed by atoms with Gasteiger partial charge in [0, 0.05) is 13.2 Å². The molecule has 0 heterocycles.